The zero-order valence-electron chi connectivity index (χ0n) is 23.3. The molecule has 12 heteroatoms. The van der Waals surface area contributed by atoms with E-state index >= 15 is 0 Å². The maximum atomic E-state index is 13.4. The van der Waals surface area contributed by atoms with Crippen LogP contribution in [0.15, 0.2) is 42.6 Å². The number of β-amino-alcohol motifs (C(OH)–C–C–N with tert-alkyl or cyclic N) is 1. The number of hydrogen-bond acceptors (Lipinski definition) is 9. The number of aliphatic hydroxyl groups excluding tert-OH is 1. The van der Waals surface area contributed by atoms with Crippen LogP contribution >= 0.6 is 11.3 Å². The highest BCUT2D eigenvalue weighted by atomic mass is 32.1. The number of anilines is 3. The Hall–Kier alpha value is -4.05. The van der Waals surface area contributed by atoms with E-state index in [2.05, 4.69) is 45.9 Å². The van der Waals surface area contributed by atoms with Crippen molar-refractivity contribution in [3.8, 4) is 17.3 Å². The summed E-state index contributed by atoms with van der Waals surface area (Å²) in [6, 6.07) is 12.5. The van der Waals surface area contributed by atoms with Crippen LogP contribution in [-0.2, 0) is 11.2 Å². The van der Waals surface area contributed by atoms with Crippen LogP contribution in [0.5, 0.6) is 0 Å². The summed E-state index contributed by atoms with van der Waals surface area (Å²) in [7, 11) is 1.95. The summed E-state index contributed by atoms with van der Waals surface area (Å²) < 4.78 is 15.5. The van der Waals surface area contributed by atoms with Crippen LogP contribution in [0.1, 0.15) is 24.4 Å². The van der Waals surface area contributed by atoms with E-state index in [0.717, 1.165) is 61.0 Å². The first-order valence-corrected chi connectivity index (χ1v) is 14.4. The van der Waals surface area contributed by atoms with Crippen LogP contribution in [0, 0.1) is 17.1 Å². The first kappa shape index (κ1) is 28.5. The molecule has 6 rings (SSSR count). The van der Waals surface area contributed by atoms with Gasteiger partial charge in [-0.1, -0.05) is 18.3 Å². The number of halogens is 1. The Labute approximate surface area is 242 Å². The van der Waals surface area contributed by atoms with Crippen molar-refractivity contribution in [2.45, 2.75) is 26.4 Å². The number of aryl methyl sites for hydroxylation is 1. The molecule has 0 atom stereocenters. The van der Waals surface area contributed by atoms with Gasteiger partial charge in [0.05, 0.1) is 17.5 Å². The van der Waals surface area contributed by atoms with Gasteiger partial charge in [0.1, 0.15) is 33.9 Å². The van der Waals surface area contributed by atoms with Gasteiger partial charge < -0.3 is 25.1 Å². The van der Waals surface area contributed by atoms with Crippen molar-refractivity contribution < 1.29 is 14.3 Å². The van der Waals surface area contributed by atoms with E-state index in [4.69, 9.17) is 15.1 Å². The second-order valence-corrected chi connectivity index (χ2v) is 11.0. The Kier molecular flexibility index (Phi) is 8.49. The normalized spacial score (nSPS) is 15.2. The van der Waals surface area contributed by atoms with Crippen LogP contribution in [0.25, 0.3) is 16.9 Å². The molecule has 2 N–H and O–H groups in total. The Balaban J connectivity index is 0.000000365. The molecular weight excluding hydrogens is 543 g/mol. The minimum Gasteiger partial charge on any atom is -0.389 e. The number of nitrogens with one attached hydrogen (secondary N) is 1. The van der Waals surface area contributed by atoms with Gasteiger partial charge in [-0.15, -0.1) is 0 Å². The summed E-state index contributed by atoms with van der Waals surface area (Å²) in [6.07, 6.45) is 2.64. The number of aliphatic hydroxyl groups is 1. The fourth-order valence-electron chi connectivity index (χ4n) is 4.91. The van der Waals surface area contributed by atoms with Crippen LogP contribution in [0.3, 0.4) is 0 Å². The second kappa shape index (κ2) is 12.2. The summed E-state index contributed by atoms with van der Waals surface area (Å²) in [5.74, 6) is 0.673. The van der Waals surface area contributed by atoms with Crippen molar-refractivity contribution in [1.29, 1.82) is 5.26 Å². The molecule has 0 radical (unpaired) electrons. The van der Waals surface area contributed by atoms with Crippen molar-refractivity contribution in [3.63, 3.8) is 0 Å². The smallest absolute Gasteiger partial charge is 0.219 e. The number of piperazine rings is 1. The number of pyridine rings is 1. The molecule has 5 heterocycles. The molecule has 2 fully saturated rings. The monoisotopic (exact) mass is 576 g/mol. The number of amides is 1. The fraction of sp³-hybridized carbons (Fsp3) is 0.379. The van der Waals surface area contributed by atoms with E-state index in [-0.39, 0.29) is 17.8 Å². The van der Waals surface area contributed by atoms with Gasteiger partial charge in [-0.25, -0.2) is 14.4 Å². The Bertz CT molecular complexity index is 1570. The highest BCUT2D eigenvalue weighted by molar-refractivity contribution is 7.16. The SMILES string of the molecule is CC(=O)N1CC(O)C1.CCc1nc2ccc(N3CCNCC3)cn2c1N(C)c1nc(-c2ccc(F)cc2)c(C#N)s1. The lowest BCUT2D eigenvalue weighted by molar-refractivity contribution is -0.138. The molecule has 0 spiro atoms. The number of hydrogen-bond donors (Lipinski definition) is 2. The van der Waals surface area contributed by atoms with E-state index in [1.54, 1.807) is 17.0 Å². The molecular formula is C29H33FN8O2S. The minimum absolute atomic E-state index is 0.0512. The number of thiazole rings is 1. The predicted octanol–water partition coefficient (Wildman–Crippen LogP) is 3.42. The zero-order valence-corrected chi connectivity index (χ0v) is 24.2. The predicted molar refractivity (Wildman–Crippen MR) is 158 cm³/mol. The average Bonchev–Trinajstić information content (AvgIpc) is 3.57. The molecule has 2 aliphatic heterocycles. The Morgan fingerprint density at radius 3 is 2.49 bits per heavy atom. The van der Waals surface area contributed by atoms with Crippen molar-refractivity contribution in [3.05, 3.63) is 59.0 Å². The molecule has 0 unspecified atom stereocenters. The molecule has 214 valence electrons. The number of aromatic nitrogens is 3. The van der Waals surface area contributed by atoms with Crippen molar-refractivity contribution in [2.75, 3.05) is 56.1 Å². The van der Waals surface area contributed by atoms with Crippen molar-refractivity contribution >= 4 is 39.5 Å². The van der Waals surface area contributed by atoms with Crippen molar-refractivity contribution in [1.82, 2.24) is 24.6 Å². The molecule has 2 saturated heterocycles. The lowest BCUT2D eigenvalue weighted by Crippen LogP contribution is -2.52. The zero-order chi connectivity index (χ0) is 29.1. The first-order valence-electron chi connectivity index (χ1n) is 13.6. The Morgan fingerprint density at radius 2 is 1.90 bits per heavy atom. The molecule has 4 aromatic rings. The van der Waals surface area contributed by atoms with Crippen LogP contribution in [0.2, 0.25) is 0 Å². The van der Waals surface area contributed by atoms with Gasteiger partial charge in [-0.05, 0) is 42.8 Å². The summed E-state index contributed by atoms with van der Waals surface area (Å²) in [5.41, 5.74) is 4.29. The maximum Gasteiger partial charge on any atom is 0.219 e. The summed E-state index contributed by atoms with van der Waals surface area (Å²) in [4.78, 5) is 26.5. The number of carbonyl (C=O) groups is 1. The lowest BCUT2D eigenvalue weighted by Gasteiger charge is -2.34. The molecule has 2 aliphatic rings. The van der Waals surface area contributed by atoms with E-state index in [1.807, 2.05) is 11.9 Å². The highest BCUT2D eigenvalue weighted by Gasteiger charge is 2.26. The van der Waals surface area contributed by atoms with Gasteiger partial charge in [-0.3, -0.25) is 9.20 Å². The minimum atomic E-state index is -0.316. The van der Waals surface area contributed by atoms with E-state index in [1.165, 1.54) is 30.4 Å². The number of nitriles is 1. The van der Waals surface area contributed by atoms with Crippen LogP contribution in [-0.4, -0.2) is 82.7 Å². The van der Waals surface area contributed by atoms with Gasteiger partial charge in [0.2, 0.25) is 5.91 Å². The van der Waals surface area contributed by atoms with E-state index in [9.17, 15) is 14.4 Å². The second-order valence-electron chi connectivity index (χ2n) is 10.0. The molecule has 41 heavy (non-hydrogen) atoms. The number of benzene rings is 1. The summed E-state index contributed by atoms with van der Waals surface area (Å²) in [6.45, 7) is 8.50. The third kappa shape index (κ3) is 6.02. The standard InChI is InChI=1S/C24H24FN7S.C5H9NO2/c1-3-19-23(32-15-18(8-9-21(32)28-19)31-12-10-27-11-13-31)30(2)24-29-22(20(14-26)33-24)16-4-6-17(25)7-5-16;1-4(7)6-2-5(8)3-6/h4-9,15,27H,3,10-13H2,1-2H3;5,8H,2-3H2,1H3. The maximum absolute atomic E-state index is 13.4. The molecule has 0 saturated carbocycles. The number of likely N-dealkylation sites (tertiary alicyclic amines) is 1. The highest BCUT2D eigenvalue weighted by Crippen LogP contribution is 2.37. The number of fused-ring (bicyclic) bond motifs is 1. The average molecular weight is 577 g/mol. The summed E-state index contributed by atoms with van der Waals surface area (Å²) in [5, 5.41) is 22.5. The molecule has 1 aromatic carbocycles. The number of carbonyl (C=O) groups excluding carboxylic acids is 1. The van der Waals surface area contributed by atoms with Crippen LogP contribution < -0.4 is 15.1 Å². The quantitative estimate of drug-likeness (QED) is 0.372. The molecule has 1 amide bonds. The number of imidazole rings is 1. The summed E-state index contributed by atoms with van der Waals surface area (Å²) >= 11 is 1.33. The third-order valence-electron chi connectivity index (χ3n) is 7.21. The van der Waals surface area contributed by atoms with E-state index in [0.29, 0.717) is 28.8 Å². The molecule has 10 nitrogen and oxygen atoms in total. The molecule has 0 aliphatic carbocycles. The third-order valence-corrected chi connectivity index (χ3v) is 8.25. The van der Waals surface area contributed by atoms with Gasteiger partial charge in [0, 0.05) is 65.0 Å². The lowest BCUT2D eigenvalue weighted by atomic mass is 10.1. The van der Waals surface area contributed by atoms with Gasteiger partial charge >= 0.3 is 0 Å². The first-order chi connectivity index (χ1) is 19.8. The van der Waals surface area contributed by atoms with E-state index < -0.39 is 0 Å². The largest absolute Gasteiger partial charge is 0.389 e. The fourth-order valence-corrected chi connectivity index (χ4v) is 5.76. The van der Waals surface area contributed by atoms with Crippen molar-refractivity contribution in [2.24, 2.45) is 0 Å². The molecule has 0 bridgehead atoms. The van der Waals surface area contributed by atoms with Gasteiger partial charge in [0.15, 0.2) is 5.13 Å². The van der Waals surface area contributed by atoms with Crippen LogP contribution in [0.4, 0.5) is 21.0 Å². The van der Waals surface area contributed by atoms with Gasteiger partial charge in [-0.2, -0.15) is 5.26 Å². The molecule has 3 aromatic heterocycles. The number of nitrogens with zero attached hydrogens (tertiary/aromatic N) is 7. The number of rotatable bonds is 5. The Morgan fingerprint density at radius 1 is 1.20 bits per heavy atom. The topological polar surface area (TPSA) is 113 Å². The van der Waals surface area contributed by atoms with Gasteiger partial charge in [0.25, 0.3) is 0 Å².